The summed E-state index contributed by atoms with van der Waals surface area (Å²) in [5, 5.41) is 0. The van der Waals surface area contributed by atoms with Crippen LogP contribution in [0.3, 0.4) is 0 Å². The monoisotopic (exact) mass is 262 g/mol. The minimum absolute atomic E-state index is 0.156. The van der Waals surface area contributed by atoms with Crippen molar-refractivity contribution in [1.29, 1.82) is 0 Å². The Balaban J connectivity index is 2.29. The second kappa shape index (κ2) is 5.95. The number of esters is 1. The van der Waals surface area contributed by atoms with Crippen LogP contribution in [0.25, 0.3) is 11.3 Å². The van der Waals surface area contributed by atoms with Crippen LogP contribution in [0, 0.1) is 0 Å². The van der Waals surface area contributed by atoms with Gasteiger partial charge in [-0.15, -0.1) is 0 Å². The van der Waals surface area contributed by atoms with Crippen molar-refractivity contribution < 1.29 is 23.4 Å². The number of furan rings is 1. The van der Waals surface area contributed by atoms with Crippen LogP contribution in [-0.2, 0) is 9.53 Å². The maximum absolute atomic E-state index is 11.1. The number of benzene rings is 1. The molecule has 0 fully saturated rings. The predicted molar refractivity (Wildman–Crippen MR) is 68.2 cm³/mol. The summed E-state index contributed by atoms with van der Waals surface area (Å²) in [5.74, 6) is 1.40. The van der Waals surface area contributed by atoms with Gasteiger partial charge in [0.2, 0.25) is 0 Å². The highest BCUT2D eigenvalue weighted by molar-refractivity contribution is 5.72. The fourth-order valence-electron chi connectivity index (χ4n) is 1.58. The van der Waals surface area contributed by atoms with Gasteiger partial charge < -0.3 is 18.6 Å². The van der Waals surface area contributed by atoms with E-state index in [1.165, 1.54) is 7.11 Å². The van der Waals surface area contributed by atoms with Gasteiger partial charge in [-0.3, -0.25) is 0 Å². The molecule has 0 saturated carbocycles. The summed E-state index contributed by atoms with van der Waals surface area (Å²) in [7, 11) is 2.89. The largest absolute Gasteiger partial charge is 0.497 e. The van der Waals surface area contributed by atoms with Crippen molar-refractivity contribution >= 4 is 5.97 Å². The maximum Gasteiger partial charge on any atom is 0.343 e. The molecular weight excluding hydrogens is 248 g/mol. The number of hydrogen-bond acceptors (Lipinski definition) is 5. The van der Waals surface area contributed by atoms with Crippen LogP contribution >= 0.6 is 0 Å². The van der Waals surface area contributed by atoms with Gasteiger partial charge in [0.15, 0.2) is 6.61 Å². The molecule has 0 aliphatic rings. The number of ether oxygens (including phenoxy) is 3. The van der Waals surface area contributed by atoms with Crippen molar-refractivity contribution in [2.75, 3.05) is 20.8 Å². The van der Waals surface area contributed by atoms with E-state index < -0.39 is 5.97 Å². The Kier molecular flexibility index (Phi) is 4.07. The van der Waals surface area contributed by atoms with Crippen molar-refractivity contribution in [3.05, 3.63) is 36.6 Å². The number of hydrogen-bond donors (Lipinski definition) is 0. The minimum Gasteiger partial charge on any atom is -0.497 e. The molecule has 0 spiro atoms. The summed E-state index contributed by atoms with van der Waals surface area (Å²) >= 11 is 0. The molecule has 0 N–H and O–H groups in total. The zero-order valence-electron chi connectivity index (χ0n) is 10.7. The summed E-state index contributed by atoms with van der Waals surface area (Å²) < 4.78 is 20.5. The zero-order chi connectivity index (χ0) is 13.7. The van der Waals surface area contributed by atoms with Gasteiger partial charge in [-0.25, -0.2) is 4.79 Å². The second-order valence-electron chi connectivity index (χ2n) is 3.70. The lowest BCUT2D eigenvalue weighted by Gasteiger charge is -2.10. The number of carbonyl (C=O) groups excluding carboxylic acids is 1. The lowest BCUT2D eigenvalue weighted by Crippen LogP contribution is -2.12. The average molecular weight is 262 g/mol. The topological polar surface area (TPSA) is 57.9 Å². The smallest absolute Gasteiger partial charge is 0.343 e. The van der Waals surface area contributed by atoms with Gasteiger partial charge in [-0.05, 0) is 30.3 Å². The SMILES string of the molecule is COC(=O)COc1ccc(OC)cc1-c1ccco1. The Bertz CT molecular complexity index is 545. The van der Waals surface area contributed by atoms with Crippen molar-refractivity contribution in [1.82, 2.24) is 0 Å². The number of methoxy groups -OCH3 is 2. The van der Waals surface area contributed by atoms with Crippen molar-refractivity contribution in [3.63, 3.8) is 0 Å². The molecule has 5 nitrogen and oxygen atoms in total. The summed E-state index contributed by atoms with van der Waals surface area (Å²) in [4.78, 5) is 11.1. The highest BCUT2D eigenvalue weighted by atomic mass is 16.6. The molecule has 1 heterocycles. The molecular formula is C14H14O5. The van der Waals surface area contributed by atoms with Gasteiger partial charge in [-0.1, -0.05) is 0 Å². The van der Waals surface area contributed by atoms with Crippen molar-refractivity contribution in [2.45, 2.75) is 0 Å². The van der Waals surface area contributed by atoms with E-state index in [9.17, 15) is 4.79 Å². The van der Waals surface area contributed by atoms with E-state index in [2.05, 4.69) is 4.74 Å². The number of rotatable bonds is 5. The fraction of sp³-hybridized carbons (Fsp3) is 0.214. The molecule has 2 aromatic rings. The van der Waals surface area contributed by atoms with Gasteiger partial charge in [-0.2, -0.15) is 0 Å². The molecule has 100 valence electrons. The summed E-state index contributed by atoms with van der Waals surface area (Å²) in [5.41, 5.74) is 0.716. The summed E-state index contributed by atoms with van der Waals surface area (Å²) in [6.07, 6.45) is 1.57. The quantitative estimate of drug-likeness (QED) is 0.775. The molecule has 0 aliphatic heterocycles. The highest BCUT2D eigenvalue weighted by Crippen LogP contribution is 2.33. The molecule has 0 atom stereocenters. The van der Waals surface area contributed by atoms with Crippen LogP contribution in [0.5, 0.6) is 11.5 Å². The third-order valence-electron chi connectivity index (χ3n) is 2.55. The van der Waals surface area contributed by atoms with Gasteiger partial charge in [0.25, 0.3) is 0 Å². The van der Waals surface area contributed by atoms with Crippen LogP contribution in [-0.4, -0.2) is 26.8 Å². The average Bonchev–Trinajstić information content (AvgIpc) is 2.98. The van der Waals surface area contributed by atoms with E-state index in [4.69, 9.17) is 13.9 Å². The molecule has 1 aromatic carbocycles. The lowest BCUT2D eigenvalue weighted by atomic mass is 10.1. The van der Waals surface area contributed by atoms with E-state index in [0.29, 0.717) is 22.8 Å². The third-order valence-corrected chi connectivity index (χ3v) is 2.55. The molecule has 1 aromatic heterocycles. The first-order chi connectivity index (χ1) is 9.24. The Morgan fingerprint density at radius 1 is 1.26 bits per heavy atom. The second-order valence-corrected chi connectivity index (χ2v) is 3.70. The van der Waals surface area contributed by atoms with Crippen LogP contribution < -0.4 is 9.47 Å². The molecule has 0 radical (unpaired) electrons. The molecule has 19 heavy (non-hydrogen) atoms. The van der Waals surface area contributed by atoms with E-state index in [-0.39, 0.29) is 6.61 Å². The van der Waals surface area contributed by atoms with Crippen molar-refractivity contribution in [3.8, 4) is 22.8 Å². The van der Waals surface area contributed by atoms with Crippen LogP contribution in [0.15, 0.2) is 41.0 Å². The lowest BCUT2D eigenvalue weighted by molar-refractivity contribution is -0.142. The zero-order valence-corrected chi connectivity index (χ0v) is 10.7. The molecule has 0 saturated heterocycles. The standard InChI is InChI=1S/C14H14O5/c1-16-10-5-6-13(19-9-14(15)17-2)11(8-10)12-4-3-7-18-12/h3-8H,9H2,1-2H3. The first-order valence-electron chi connectivity index (χ1n) is 5.66. The summed E-state index contributed by atoms with van der Waals surface area (Å²) in [6.45, 7) is -0.156. The minimum atomic E-state index is -0.443. The first-order valence-corrected chi connectivity index (χ1v) is 5.66. The van der Waals surface area contributed by atoms with E-state index >= 15 is 0 Å². The molecule has 0 bridgehead atoms. The Labute approximate surface area is 110 Å². The van der Waals surface area contributed by atoms with Gasteiger partial charge in [0.05, 0.1) is 26.0 Å². The number of carbonyl (C=O) groups is 1. The van der Waals surface area contributed by atoms with Gasteiger partial charge >= 0.3 is 5.97 Å². The van der Waals surface area contributed by atoms with Crippen LogP contribution in [0.1, 0.15) is 0 Å². The third kappa shape index (κ3) is 3.07. The highest BCUT2D eigenvalue weighted by Gasteiger charge is 2.12. The Morgan fingerprint density at radius 3 is 2.74 bits per heavy atom. The van der Waals surface area contributed by atoms with Gasteiger partial charge in [0.1, 0.15) is 17.3 Å². The fourth-order valence-corrected chi connectivity index (χ4v) is 1.58. The van der Waals surface area contributed by atoms with Crippen molar-refractivity contribution in [2.24, 2.45) is 0 Å². The van der Waals surface area contributed by atoms with Crippen LogP contribution in [0.2, 0.25) is 0 Å². The van der Waals surface area contributed by atoms with Gasteiger partial charge in [0, 0.05) is 0 Å². The molecule has 5 heteroatoms. The van der Waals surface area contributed by atoms with E-state index in [1.54, 1.807) is 43.7 Å². The van der Waals surface area contributed by atoms with Crippen LogP contribution in [0.4, 0.5) is 0 Å². The summed E-state index contributed by atoms with van der Waals surface area (Å²) in [6, 6.07) is 8.84. The molecule has 0 aliphatic carbocycles. The molecule has 0 amide bonds. The van der Waals surface area contributed by atoms with E-state index in [0.717, 1.165) is 0 Å². The Hall–Kier alpha value is -2.43. The predicted octanol–water partition coefficient (Wildman–Crippen LogP) is 2.51. The maximum atomic E-state index is 11.1. The first kappa shape index (κ1) is 13.0. The molecule has 2 rings (SSSR count). The normalized spacial score (nSPS) is 10.0. The molecule has 0 unspecified atom stereocenters. The van der Waals surface area contributed by atoms with E-state index in [1.807, 2.05) is 0 Å². The Morgan fingerprint density at radius 2 is 2.11 bits per heavy atom.